The number of hydrogen-bond acceptors (Lipinski definition) is 4. The maximum Gasteiger partial charge on any atom is 0.218 e. The Morgan fingerprint density at radius 2 is 1.89 bits per heavy atom. The molecule has 0 aromatic heterocycles. The van der Waals surface area contributed by atoms with Crippen LogP contribution in [0.1, 0.15) is 12.0 Å². The first-order chi connectivity index (χ1) is 8.81. The zero-order valence-corrected chi connectivity index (χ0v) is 12.3. The number of sulfone groups is 1. The van der Waals surface area contributed by atoms with Gasteiger partial charge in [-0.3, -0.25) is 0 Å². The Hall–Kier alpha value is -0.920. The van der Waals surface area contributed by atoms with E-state index in [4.69, 9.17) is 0 Å². The zero-order valence-electron chi connectivity index (χ0n) is 10.7. The topological polar surface area (TPSA) is 71.5 Å². The van der Waals surface area contributed by atoms with Crippen LogP contribution in [0.15, 0.2) is 30.3 Å². The van der Waals surface area contributed by atoms with Gasteiger partial charge in [0.05, 0.1) is 16.8 Å². The number of nitrogens with zero attached hydrogens (tertiary/aromatic N) is 1. The normalized spacial score (nSPS) is 22.7. The standard InChI is InChI=1S/C12H17NO4S2/c1-13(9-11-5-3-2-4-6-11)19(16,17)12-7-8-18(14,15)10-12/h2-6,12H,7-10H2,1H3. The molecule has 1 aromatic rings. The van der Waals surface area contributed by atoms with Gasteiger partial charge in [-0.25, -0.2) is 21.1 Å². The van der Waals surface area contributed by atoms with Gasteiger partial charge in [-0.2, -0.15) is 0 Å². The Morgan fingerprint density at radius 3 is 2.42 bits per heavy atom. The average Bonchev–Trinajstić information content (AvgIpc) is 2.71. The molecule has 0 aliphatic carbocycles. The fourth-order valence-electron chi connectivity index (χ4n) is 2.18. The Bertz CT molecular complexity index is 638. The second kappa shape index (κ2) is 5.22. The van der Waals surface area contributed by atoms with Gasteiger partial charge in [0.1, 0.15) is 0 Å². The summed E-state index contributed by atoms with van der Waals surface area (Å²) < 4.78 is 48.6. The first-order valence-electron chi connectivity index (χ1n) is 6.01. The van der Waals surface area contributed by atoms with Crippen molar-refractivity contribution in [3.05, 3.63) is 35.9 Å². The third kappa shape index (κ3) is 3.34. The molecule has 1 fully saturated rings. The van der Waals surface area contributed by atoms with E-state index >= 15 is 0 Å². The van der Waals surface area contributed by atoms with E-state index in [0.717, 1.165) is 5.56 Å². The minimum Gasteiger partial charge on any atom is -0.229 e. The molecule has 0 saturated carbocycles. The van der Waals surface area contributed by atoms with E-state index in [-0.39, 0.29) is 24.5 Å². The molecular weight excluding hydrogens is 286 g/mol. The molecule has 106 valence electrons. The van der Waals surface area contributed by atoms with Crippen molar-refractivity contribution in [1.82, 2.24) is 4.31 Å². The molecule has 1 unspecified atom stereocenters. The third-order valence-corrected chi connectivity index (χ3v) is 7.52. The van der Waals surface area contributed by atoms with E-state index in [9.17, 15) is 16.8 Å². The number of sulfonamides is 1. The summed E-state index contributed by atoms with van der Waals surface area (Å²) in [4.78, 5) is 0. The summed E-state index contributed by atoms with van der Waals surface area (Å²) in [5.41, 5.74) is 0.884. The largest absolute Gasteiger partial charge is 0.229 e. The Kier molecular flexibility index (Phi) is 3.98. The van der Waals surface area contributed by atoms with Crippen LogP contribution in [0.4, 0.5) is 0 Å². The van der Waals surface area contributed by atoms with Crippen LogP contribution in [0.3, 0.4) is 0 Å². The number of hydrogen-bond donors (Lipinski definition) is 0. The fourth-order valence-corrected chi connectivity index (χ4v) is 6.44. The minimum absolute atomic E-state index is 0.0317. The van der Waals surface area contributed by atoms with Crippen molar-refractivity contribution in [2.75, 3.05) is 18.6 Å². The quantitative estimate of drug-likeness (QED) is 0.818. The van der Waals surface area contributed by atoms with Gasteiger partial charge in [0.15, 0.2) is 9.84 Å². The van der Waals surface area contributed by atoms with Gasteiger partial charge in [-0.1, -0.05) is 30.3 Å². The Balaban J connectivity index is 2.12. The summed E-state index contributed by atoms with van der Waals surface area (Å²) >= 11 is 0. The molecule has 1 aliphatic heterocycles. The summed E-state index contributed by atoms with van der Waals surface area (Å²) in [6.45, 7) is 0.264. The Morgan fingerprint density at radius 1 is 1.26 bits per heavy atom. The molecular formula is C12H17NO4S2. The molecule has 19 heavy (non-hydrogen) atoms. The predicted molar refractivity (Wildman–Crippen MR) is 73.9 cm³/mol. The molecule has 1 atom stereocenters. The molecule has 1 saturated heterocycles. The molecule has 7 heteroatoms. The maximum atomic E-state index is 12.3. The second-order valence-electron chi connectivity index (χ2n) is 4.81. The van der Waals surface area contributed by atoms with E-state index < -0.39 is 25.1 Å². The lowest BCUT2D eigenvalue weighted by Gasteiger charge is -2.20. The lowest BCUT2D eigenvalue weighted by molar-refractivity contribution is 0.457. The first-order valence-corrected chi connectivity index (χ1v) is 9.33. The van der Waals surface area contributed by atoms with Crippen LogP contribution < -0.4 is 0 Å². The van der Waals surface area contributed by atoms with Crippen LogP contribution in [0.25, 0.3) is 0 Å². The van der Waals surface area contributed by atoms with Crippen LogP contribution in [0.5, 0.6) is 0 Å². The van der Waals surface area contributed by atoms with Crippen molar-refractivity contribution in [3.8, 4) is 0 Å². The summed E-state index contributed by atoms with van der Waals surface area (Å²) in [7, 11) is -5.25. The van der Waals surface area contributed by atoms with Crippen molar-refractivity contribution >= 4 is 19.9 Å². The smallest absolute Gasteiger partial charge is 0.218 e. The van der Waals surface area contributed by atoms with Gasteiger partial charge in [0.25, 0.3) is 0 Å². The van der Waals surface area contributed by atoms with E-state index in [2.05, 4.69) is 0 Å². The van der Waals surface area contributed by atoms with Gasteiger partial charge < -0.3 is 0 Å². The molecule has 0 spiro atoms. The lowest BCUT2D eigenvalue weighted by atomic mass is 10.2. The molecule has 1 aliphatic rings. The van der Waals surface area contributed by atoms with Crippen LogP contribution in [0, 0.1) is 0 Å². The fraction of sp³-hybridized carbons (Fsp3) is 0.500. The Labute approximate surface area is 114 Å². The molecule has 0 radical (unpaired) electrons. The summed E-state index contributed by atoms with van der Waals surface area (Å²) in [6.07, 6.45) is 0.198. The molecule has 1 aromatic carbocycles. The van der Waals surface area contributed by atoms with Crippen molar-refractivity contribution in [2.24, 2.45) is 0 Å². The molecule has 2 rings (SSSR count). The average molecular weight is 303 g/mol. The molecule has 0 amide bonds. The van der Waals surface area contributed by atoms with E-state index in [1.54, 1.807) is 0 Å². The van der Waals surface area contributed by atoms with E-state index in [1.807, 2.05) is 30.3 Å². The zero-order chi connectivity index (χ0) is 14.1. The van der Waals surface area contributed by atoms with Crippen molar-refractivity contribution in [3.63, 3.8) is 0 Å². The maximum absolute atomic E-state index is 12.3. The lowest BCUT2D eigenvalue weighted by Crippen LogP contribution is -2.36. The van der Waals surface area contributed by atoms with Crippen LogP contribution in [-0.2, 0) is 26.4 Å². The predicted octanol–water partition coefficient (Wildman–Crippen LogP) is 0.635. The van der Waals surface area contributed by atoms with Crippen LogP contribution in [0.2, 0.25) is 0 Å². The van der Waals surface area contributed by atoms with Gasteiger partial charge in [0, 0.05) is 13.6 Å². The highest BCUT2D eigenvalue weighted by Crippen LogP contribution is 2.22. The van der Waals surface area contributed by atoms with E-state index in [1.165, 1.54) is 11.4 Å². The summed E-state index contributed by atoms with van der Waals surface area (Å²) in [5.74, 6) is -0.287. The number of benzene rings is 1. The van der Waals surface area contributed by atoms with Gasteiger partial charge in [-0.15, -0.1) is 0 Å². The van der Waals surface area contributed by atoms with E-state index in [0.29, 0.717) is 0 Å². The number of rotatable bonds is 4. The first kappa shape index (κ1) is 14.5. The van der Waals surface area contributed by atoms with Crippen LogP contribution in [-0.4, -0.2) is 44.9 Å². The molecule has 5 nitrogen and oxygen atoms in total. The van der Waals surface area contributed by atoms with Gasteiger partial charge in [-0.05, 0) is 12.0 Å². The van der Waals surface area contributed by atoms with Gasteiger partial charge >= 0.3 is 0 Å². The third-order valence-electron chi connectivity index (χ3n) is 3.29. The highest BCUT2D eigenvalue weighted by atomic mass is 32.2. The SMILES string of the molecule is CN(Cc1ccccc1)S(=O)(=O)C1CCS(=O)(=O)C1. The van der Waals surface area contributed by atoms with Crippen LogP contribution >= 0.6 is 0 Å². The summed E-state index contributed by atoms with van der Waals surface area (Å²) in [5, 5.41) is -0.800. The van der Waals surface area contributed by atoms with Gasteiger partial charge in [0.2, 0.25) is 10.0 Å². The highest BCUT2D eigenvalue weighted by Gasteiger charge is 2.39. The summed E-state index contributed by atoms with van der Waals surface area (Å²) in [6, 6.07) is 9.24. The second-order valence-corrected chi connectivity index (χ2v) is 9.36. The highest BCUT2D eigenvalue weighted by molar-refractivity contribution is 7.95. The molecule has 1 heterocycles. The minimum atomic E-state index is -3.55. The van der Waals surface area contributed by atoms with Crippen molar-refractivity contribution < 1.29 is 16.8 Å². The van der Waals surface area contributed by atoms with Crippen molar-refractivity contribution in [1.29, 1.82) is 0 Å². The molecule has 0 N–H and O–H groups in total. The monoisotopic (exact) mass is 303 g/mol. The van der Waals surface area contributed by atoms with Crippen molar-refractivity contribution in [2.45, 2.75) is 18.2 Å². The molecule has 0 bridgehead atoms.